The molecule has 0 aliphatic heterocycles. The molecule has 0 rings (SSSR count). The zero-order valence-corrected chi connectivity index (χ0v) is 42.9. The fraction of sp³-hybridized carbons (Fsp3) is 0.590. The number of unbranched alkanes of at least 4 members (excludes halogenated alkanes) is 17. The van der Waals surface area contributed by atoms with E-state index in [2.05, 4.69) is 87.6 Å². The number of rotatable bonds is 46. The molecule has 0 aliphatic carbocycles. The normalized spacial score (nSPS) is 13.2. The third-order valence-corrected chi connectivity index (χ3v) is 10.8. The highest BCUT2D eigenvalue weighted by atomic mass is 16.6. The molecule has 1 unspecified atom stereocenters. The second-order valence-electron chi connectivity index (χ2n) is 17.2. The summed E-state index contributed by atoms with van der Waals surface area (Å²) in [5.41, 5.74) is 0. The maximum Gasteiger partial charge on any atom is 0.306 e. The Bertz CT molecular complexity index is 1480. The first kappa shape index (κ1) is 62.5. The third kappa shape index (κ3) is 52.4. The Morgan fingerprint density at radius 3 is 1.13 bits per heavy atom. The Morgan fingerprint density at radius 1 is 0.328 bits per heavy atom. The molecule has 0 heterocycles. The summed E-state index contributed by atoms with van der Waals surface area (Å²) in [6.07, 6.45) is 76.0. The van der Waals surface area contributed by atoms with Crippen LogP contribution in [0.25, 0.3) is 0 Å². The molecule has 6 nitrogen and oxygen atoms in total. The van der Waals surface area contributed by atoms with Gasteiger partial charge in [0.15, 0.2) is 6.10 Å². The number of ether oxygens (including phenoxy) is 3. The number of hydrogen-bond donors (Lipinski definition) is 0. The van der Waals surface area contributed by atoms with Gasteiger partial charge in [0.05, 0.1) is 0 Å². The molecule has 0 aromatic heterocycles. The molecule has 0 bridgehead atoms. The SMILES string of the molecule is CC\C=C/C=C\C=C/C=C\C=C/CCCC(=O)OCC(COC(=O)CC/C=C\C/C=C\C/C=C\C/C=C\C/C=C\C/C=C\CC)OC(=O)CCCCCCCCCCCCCCCCCCC. The molecule has 67 heavy (non-hydrogen) atoms. The zero-order valence-electron chi connectivity index (χ0n) is 42.9. The van der Waals surface area contributed by atoms with Crippen molar-refractivity contribution in [3.05, 3.63) is 134 Å². The van der Waals surface area contributed by atoms with Crippen LogP contribution in [-0.4, -0.2) is 37.2 Å². The van der Waals surface area contributed by atoms with Gasteiger partial charge in [0.1, 0.15) is 13.2 Å². The summed E-state index contributed by atoms with van der Waals surface area (Å²) < 4.78 is 16.7. The second kappa shape index (κ2) is 54.2. The van der Waals surface area contributed by atoms with Crippen molar-refractivity contribution >= 4 is 17.9 Å². The van der Waals surface area contributed by atoms with Crippen LogP contribution in [0.1, 0.15) is 213 Å². The second-order valence-corrected chi connectivity index (χ2v) is 17.2. The van der Waals surface area contributed by atoms with Gasteiger partial charge >= 0.3 is 17.9 Å². The smallest absolute Gasteiger partial charge is 0.306 e. The van der Waals surface area contributed by atoms with Gasteiger partial charge in [-0.15, -0.1) is 0 Å². The molecule has 1 atom stereocenters. The highest BCUT2D eigenvalue weighted by Gasteiger charge is 2.19. The molecule has 0 aromatic carbocycles. The van der Waals surface area contributed by atoms with Gasteiger partial charge in [-0.2, -0.15) is 0 Å². The average Bonchev–Trinajstić information content (AvgIpc) is 3.33. The minimum Gasteiger partial charge on any atom is -0.462 e. The van der Waals surface area contributed by atoms with E-state index in [0.717, 1.165) is 70.6 Å². The van der Waals surface area contributed by atoms with E-state index in [9.17, 15) is 14.4 Å². The third-order valence-electron chi connectivity index (χ3n) is 10.8. The lowest BCUT2D eigenvalue weighted by Crippen LogP contribution is -2.30. The lowest BCUT2D eigenvalue weighted by molar-refractivity contribution is -0.166. The summed E-state index contributed by atoms with van der Waals surface area (Å²) in [4.78, 5) is 38.0. The number of carbonyl (C=O) groups is 3. The van der Waals surface area contributed by atoms with Crippen molar-refractivity contribution in [2.24, 2.45) is 0 Å². The van der Waals surface area contributed by atoms with Crippen LogP contribution in [0.4, 0.5) is 0 Å². The van der Waals surface area contributed by atoms with E-state index in [1.165, 1.54) is 89.9 Å². The Balaban J connectivity index is 4.58. The van der Waals surface area contributed by atoms with Crippen LogP contribution in [-0.2, 0) is 28.6 Å². The van der Waals surface area contributed by atoms with E-state index in [4.69, 9.17) is 14.2 Å². The van der Waals surface area contributed by atoms with Crippen LogP contribution in [0, 0.1) is 0 Å². The molecule has 6 heteroatoms. The Morgan fingerprint density at radius 2 is 0.687 bits per heavy atom. The van der Waals surface area contributed by atoms with Gasteiger partial charge in [-0.3, -0.25) is 14.4 Å². The van der Waals surface area contributed by atoms with Crippen LogP contribution in [0.15, 0.2) is 134 Å². The fourth-order valence-electron chi connectivity index (χ4n) is 6.85. The minimum absolute atomic E-state index is 0.141. The number of carbonyl (C=O) groups excluding carboxylic acids is 3. The highest BCUT2D eigenvalue weighted by Crippen LogP contribution is 2.15. The Kier molecular flexibility index (Phi) is 50.6. The summed E-state index contributed by atoms with van der Waals surface area (Å²) >= 11 is 0. The first-order valence-electron chi connectivity index (χ1n) is 26.8. The maximum absolute atomic E-state index is 12.8. The molecule has 0 amide bonds. The molecule has 376 valence electrons. The van der Waals surface area contributed by atoms with Crippen LogP contribution in [0.2, 0.25) is 0 Å². The summed E-state index contributed by atoms with van der Waals surface area (Å²) in [6.45, 7) is 6.24. The van der Waals surface area contributed by atoms with Crippen molar-refractivity contribution in [1.29, 1.82) is 0 Å². The van der Waals surface area contributed by atoms with Gasteiger partial charge < -0.3 is 14.2 Å². The van der Waals surface area contributed by atoms with Gasteiger partial charge in [0, 0.05) is 19.3 Å². The molecule has 0 fully saturated rings. The van der Waals surface area contributed by atoms with Crippen molar-refractivity contribution in [1.82, 2.24) is 0 Å². The summed E-state index contributed by atoms with van der Waals surface area (Å²) in [6, 6.07) is 0. The van der Waals surface area contributed by atoms with Crippen LogP contribution >= 0.6 is 0 Å². The van der Waals surface area contributed by atoms with Crippen molar-refractivity contribution in [2.75, 3.05) is 13.2 Å². The van der Waals surface area contributed by atoms with Gasteiger partial charge in [-0.05, 0) is 70.6 Å². The molecule has 0 N–H and O–H groups in total. The molecule has 0 aliphatic rings. The van der Waals surface area contributed by atoms with E-state index in [1.807, 2.05) is 66.8 Å². The lowest BCUT2D eigenvalue weighted by Gasteiger charge is -2.18. The average molecular weight is 925 g/mol. The van der Waals surface area contributed by atoms with Gasteiger partial charge in [0.25, 0.3) is 0 Å². The van der Waals surface area contributed by atoms with E-state index in [0.29, 0.717) is 19.3 Å². The van der Waals surface area contributed by atoms with Crippen LogP contribution in [0.5, 0.6) is 0 Å². The van der Waals surface area contributed by atoms with Crippen molar-refractivity contribution < 1.29 is 28.6 Å². The summed E-state index contributed by atoms with van der Waals surface area (Å²) in [5, 5.41) is 0. The highest BCUT2D eigenvalue weighted by molar-refractivity contribution is 5.71. The van der Waals surface area contributed by atoms with Gasteiger partial charge in [-0.25, -0.2) is 0 Å². The van der Waals surface area contributed by atoms with E-state index < -0.39 is 6.10 Å². The quantitative estimate of drug-likeness (QED) is 0.0199. The van der Waals surface area contributed by atoms with E-state index in [1.54, 1.807) is 0 Å². The molecule has 0 spiro atoms. The molecule has 0 saturated heterocycles. The molecular formula is C61H96O6. The topological polar surface area (TPSA) is 78.9 Å². The number of esters is 3. The minimum atomic E-state index is -0.840. The molecule has 0 aromatic rings. The van der Waals surface area contributed by atoms with Crippen LogP contribution in [0.3, 0.4) is 0 Å². The monoisotopic (exact) mass is 925 g/mol. The summed E-state index contributed by atoms with van der Waals surface area (Å²) in [5.74, 6) is -1.10. The molecule has 0 saturated carbocycles. The standard InChI is InChI=1S/C61H96O6/c1-4-7-10-13-16-19-22-25-27-29-30-32-33-36-39-42-45-48-51-54-60(63)66-57-58(56-65-59(62)53-50-47-44-41-38-35-24-21-18-15-12-9-6-3)67-61(64)55-52-49-46-43-40-37-34-31-28-26-23-20-17-14-11-8-5-2/h7,9-10,12,15-16,18-19,21,24-25,27,30,32,35-36,38-39,41,44-45,48,58H,4-6,8,11,13-14,17,20,22-23,26,28-29,31,33-34,37,40,42-43,46-47,49-57H2,1-3H3/b10-7-,12-9-,18-15-,19-16-,24-21-,27-25-,32-30-,38-35-,39-36-,44-41-,48-45-. The first-order valence-corrected chi connectivity index (χ1v) is 26.8. The van der Waals surface area contributed by atoms with Crippen molar-refractivity contribution in [3.8, 4) is 0 Å². The van der Waals surface area contributed by atoms with E-state index >= 15 is 0 Å². The van der Waals surface area contributed by atoms with E-state index in [-0.39, 0.29) is 44.0 Å². The largest absolute Gasteiger partial charge is 0.462 e. The zero-order chi connectivity index (χ0) is 48.6. The van der Waals surface area contributed by atoms with Gasteiger partial charge in [0.2, 0.25) is 0 Å². The Hall–Kier alpha value is -4.45. The Labute approximate surface area is 411 Å². The van der Waals surface area contributed by atoms with Gasteiger partial charge in [-0.1, -0.05) is 257 Å². The lowest BCUT2D eigenvalue weighted by atomic mass is 10.0. The predicted octanol–water partition coefficient (Wildman–Crippen LogP) is 17.9. The van der Waals surface area contributed by atoms with Crippen LogP contribution < -0.4 is 0 Å². The predicted molar refractivity (Wildman–Crippen MR) is 288 cm³/mol. The van der Waals surface area contributed by atoms with Crippen molar-refractivity contribution in [2.45, 2.75) is 219 Å². The number of allylic oxidation sites excluding steroid dienone is 22. The van der Waals surface area contributed by atoms with Crippen molar-refractivity contribution in [3.63, 3.8) is 0 Å². The fourth-order valence-corrected chi connectivity index (χ4v) is 6.85. The first-order chi connectivity index (χ1) is 33.0. The molecule has 0 radical (unpaired) electrons. The molecular weight excluding hydrogens is 829 g/mol. The number of hydrogen-bond acceptors (Lipinski definition) is 6. The maximum atomic E-state index is 12.8. The summed E-state index contributed by atoms with van der Waals surface area (Å²) in [7, 11) is 0.